The Labute approximate surface area is 166 Å². The second kappa shape index (κ2) is 10.3. The average molecular weight is 438 g/mol. The predicted octanol–water partition coefficient (Wildman–Crippen LogP) is 3.01. The van der Waals surface area contributed by atoms with Crippen LogP contribution in [0.1, 0.15) is 32.9 Å². The smallest absolute Gasteiger partial charge is 0.251 e. The van der Waals surface area contributed by atoms with E-state index in [0.717, 1.165) is 27.7 Å². The Morgan fingerprint density at radius 2 is 1.85 bits per heavy atom. The topological polar surface area (TPSA) is 78.4 Å². The molecule has 2 rings (SSSR count). The number of aliphatic imine (C=N–C) groups is 1. The minimum atomic E-state index is -0.0880. The summed E-state index contributed by atoms with van der Waals surface area (Å²) in [4.78, 5) is 22.3. The molecule has 0 radical (unpaired) electrons. The van der Waals surface area contributed by atoms with Gasteiger partial charge in [0.1, 0.15) is 5.01 Å². The number of amides is 1. The van der Waals surface area contributed by atoms with Gasteiger partial charge in [0, 0.05) is 34.5 Å². The Balaban J connectivity index is 1.79. The van der Waals surface area contributed by atoms with Crippen molar-refractivity contribution in [3.05, 3.63) is 49.9 Å². The SMILES string of the molecule is CCNC(=NCc1nc(C)c(C)s1)NCCNC(=O)c1ccc(Br)cc1. The van der Waals surface area contributed by atoms with Crippen molar-refractivity contribution in [2.45, 2.75) is 27.3 Å². The molecule has 0 fully saturated rings. The van der Waals surface area contributed by atoms with Crippen molar-refractivity contribution >= 4 is 39.1 Å². The zero-order valence-corrected chi connectivity index (χ0v) is 17.6. The number of guanidine groups is 1. The first-order valence-corrected chi connectivity index (χ1v) is 10.1. The van der Waals surface area contributed by atoms with Crippen LogP contribution in [-0.4, -0.2) is 36.5 Å². The number of aryl methyl sites for hydroxylation is 2. The molecule has 0 aliphatic heterocycles. The van der Waals surface area contributed by atoms with Gasteiger partial charge in [0.15, 0.2) is 5.96 Å². The van der Waals surface area contributed by atoms with Gasteiger partial charge in [-0.1, -0.05) is 15.9 Å². The number of rotatable bonds is 7. The summed E-state index contributed by atoms with van der Waals surface area (Å²) in [6.07, 6.45) is 0. The molecule has 0 spiro atoms. The summed E-state index contributed by atoms with van der Waals surface area (Å²) in [6.45, 7) is 8.50. The third-order valence-corrected chi connectivity index (χ3v) is 5.19. The van der Waals surface area contributed by atoms with Crippen LogP contribution in [0.25, 0.3) is 0 Å². The zero-order chi connectivity index (χ0) is 18.9. The van der Waals surface area contributed by atoms with E-state index in [1.54, 1.807) is 23.5 Å². The number of thiazole rings is 1. The molecule has 26 heavy (non-hydrogen) atoms. The van der Waals surface area contributed by atoms with Gasteiger partial charge >= 0.3 is 0 Å². The first kappa shape index (κ1) is 20.4. The lowest BCUT2D eigenvalue weighted by Gasteiger charge is -2.11. The number of carbonyl (C=O) groups excluding carboxylic acids is 1. The van der Waals surface area contributed by atoms with Crippen LogP contribution in [-0.2, 0) is 6.54 Å². The summed E-state index contributed by atoms with van der Waals surface area (Å²) in [6, 6.07) is 7.28. The van der Waals surface area contributed by atoms with Gasteiger partial charge in [-0.15, -0.1) is 11.3 Å². The molecule has 0 saturated carbocycles. The van der Waals surface area contributed by atoms with Crippen molar-refractivity contribution in [3.8, 4) is 0 Å². The summed E-state index contributed by atoms with van der Waals surface area (Å²) < 4.78 is 0.952. The Morgan fingerprint density at radius 3 is 2.46 bits per heavy atom. The fourth-order valence-corrected chi connectivity index (χ4v) is 3.28. The molecule has 0 aliphatic rings. The highest BCUT2D eigenvalue weighted by atomic mass is 79.9. The van der Waals surface area contributed by atoms with E-state index in [1.165, 1.54) is 4.88 Å². The Bertz CT molecular complexity index is 738. The fraction of sp³-hybridized carbons (Fsp3) is 0.389. The molecule has 1 aromatic carbocycles. The third kappa shape index (κ3) is 6.42. The van der Waals surface area contributed by atoms with Crippen molar-refractivity contribution in [1.29, 1.82) is 0 Å². The lowest BCUT2D eigenvalue weighted by molar-refractivity contribution is 0.0954. The number of hydrogen-bond acceptors (Lipinski definition) is 4. The molecular formula is C18H24BrN5OS. The van der Waals surface area contributed by atoms with Crippen molar-refractivity contribution < 1.29 is 4.79 Å². The van der Waals surface area contributed by atoms with Gasteiger partial charge in [-0.25, -0.2) is 9.98 Å². The molecule has 0 unspecified atom stereocenters. The molecule has 2 aromatic rings. The van der Waals surface area contributed by atoms with E-state index in [-0.39, 0.29) is 5.91 Å². The van der Waals surface area contributed by atoms with E-state index in [0.29, 0.717) is 25.2 Å². The van der Waals surface area contributed by atoms with Gasteiger partial charge in [-0.3, -0.25) is 4.79 Å². The lowest BCUT2D eigenvalue weighted by Crippen LogP contribution is -2.41. The van der Waals surface area contributed by atoms with Crippen LogP contribution in [0, 0.1) is 13.8 Å². The second-order valence-electron chi connectivity index (χ2n) is 5.63. The van der Waals surface area contributed by atoms with Crippen LogP contribution in [0.5, 0.6) is 0 Å². The number of halogens is 1. The Hall–Kier alpha value is -1.93. The monoisotopic (exact) mass is 437 g/mol. The van der Waals surface area contributed by atoms with E-state index in [1.807, 2.05) is 26.0 Å². The maximum Gasteiger partial charge on any atom is 0.251 e. The molecule has 1 amide bonds. The van der Waals surface area contributed by atoms with Crippen LogP contribution in [0.3, 0.4) is 0 Å². The molecule has 3 N–H and O–H groups in total. The fourth-order valence-electron chi connectivity index (χ4n) is 2.16. The molecule has 0 atom stereocenters. The van der Waals surface area contributed by atoms with Gasteiger partial charge in [0.2, 0.25) is 0 Å². The molecule has 140 valence electrons. The van der Waals surface area contributed by atoms with Crippen LogP contribution in [0.15, 0.2) is 33.7 Å². The number of nitrogens with one attached hydrogen (secondary N) is 3. The van der Waals surface area contributed by atoms with E-state index in [4.69, 9.17) is 0 Å². The maximum absolute atomic E-state index is 12.1. The molecule has 0 bridgehead atoms. The first-order valence-electron chi connectivity index (χ1n) is 8.48. The van der Waals surface area contributed by atoms with E-state index in [2.05, 4.69) is 48.8 Å². The molecular weight excluding hydrogens is 414 g/mol. The largest absolute Gasteiger partial charge is 0.357 e. The van der Waals surface area contributed by atoms with E-state index >= 15 is 0 Å². The van der Waals surface area contributed by atoms with E-state index in [9.17, 15) is 4.79 Å². The predicted molar refractivity (Wildman–Crippen MR) is 111 cm³/mol. The highest BCUT2D eigenvalue weighted by Gasteiger charge is 2.05. The third-order valence-electron chi connectivity index (χ3n) is 3.60. The summed E-state index contributed by atoms with van der Waals surface area (Å²) in [7, 11) is 0. The quantitative estimate of drug-likeness (QED) is 0.353. The van der Waals surface area contributed by atoms with Crippen molar-refractivity contribution in [2.24, 2.45) is 4.99 Å². The lowest BCUT2D eigenvalue weighted by atomic mass is 10.2. The molecule has 1 heterocycles. The molecule has 1 aromatic heterocycles. The highest BCUT2D eigenvalue weighted by Crippen LogP contribution is 2.16. The number of carbonyl (C=O) groups is 1. The Morgan fingerprint density at radius 1 is 1.15 bits per heavy atom. The van der Waals surface area contributed by atoms with Crippen LogP contribution >= 0.6 is 27.3 Å². The summed E-state index contributed by atoms with van der Waals surface area (Å²) in [5, 5.41) is 10.3. The summed E-state index contributed by atoms with van der Waals surface area (Å²) in [5.41, 5.74) is 1.71. The second-order valence-corrected chi connectivity index (χ2v) is 7.84. The Kier molecular flexibility index (Phi) is 8.06. The average Bonchev–Trinajstić information content (AvgIpc) is 2.94. The number of aromatic nitrogens is 1. The van der Waals surface area contributed by atoms with Crippen LogP contribution < -0.4 is 16.0 Å². The number of benzene rings is 1. The summed E-state index contributed by atoms with van der Waals surface area (Å²) in [5.74, 6) is 0.630. The van der Waals surface area contributed by atoms with Gasteiger partial charge in [-0.05, 0) is 45.0 Å². The van der Waals surface area contributed by atoms with Gasteiger partial charge in [0.05, 0.1) is 12.2 Å². The molecule has 8 heteroatoms. The molecule has 0 saturated heterocycles. The molecule has 6 nitrogen and oxygen atoms in total. The van der Waals surface area contributed by atoms with Crippen molar-refractivity contribution in [1.82, 2.24) is 20.9 Å². The van der Waals surface area contributed by atoms with Crippen LogP contribution in [0.2, 0.25) is 0 Å². The standard InChI is InChI=1S/C18H24BrN5OS/c1-4-20-18(23-11-16-24-12(2)13(3)26-16)22-10-9-21-17(25)14-5-7-15(19)8-6-14/h5-8H,4,9-11H2,1-3H3,(H,21,25)(H2,20,22,23). The van der Waals surface area contributed by atoms with E-state index < -0.39 is 0 Å². The first-order chi connectivity index (χ1) is 12.5. The zero-order valence-electron chi connectivity index (χ0n) is 15.2. The van der Waals surface area contributed by atoms with Crippen molar-refractivity contribution in [2.75, 3.05) is 19.6 Å². The van der Waals surface area contributed by atoms with Gasteiger partial charge < -0.3 is 16.0 Å². The van der Waals surface area contributed by atoms with Gasteiger partial charge in [-0.2, -0.15) is 0 Å². The molecule has 0 aliphatic carbocycles. The van der Waals surface area contributed by atoms with Crippen molar-refractivity contribution in [3.63, 3.8) is 0 Å². The minimum Gasteiger partial charge on any atom is -0.357 e. The summed E-state index contributed by atoms with van der Waals surface area (Å²) >= 11 is 5.03. The number of hydrogen-bond donors (Lipinski definition) is 3. The normalized spacial score (nSPS) is 11.3. The number of nitrogens with zero attached hydrogens (tertiary/aromatic N) is 2. The van der Waals surface area contributed by atoms with Gasteiger partial charge in [0.25, 0.3) is 5.91 Å². The van der Waals surface area contributed by atoms with Crippen LogP contribution in [0.4, 0.5) is 0 Å². The minimum absolute atomic E-state index is 0.0880. The maximum atomic E-state index is 12.1. The highest BCUT2D eigenvalue weighted by molar-refractivity contribution is 9.10.